The van der Waals surface area contributed by atoms with Gasteiger partial charge in [-0.2, -0.15) is 4.98 Å². The monoisotopic (exact) mass is 386 g/mol. The molecule has 0 bridgehead atoms. The summed E-state index contributed by atoms with van der Waals surface area (Å²) < 4.78 is 7.03. The molecule has 0 atom stereocenters. The third kappa shape index (κ3) is 2.46. The summed E-state index contributed by atoms with van der Waals surface area (Å²) in [6.07, 6.45) is 5.69. The highest BCUT2D eigenvalue weighted by atomic mass is 79.9. The van der Waals surface area contributed by atoms with Gasteiger partial charge in [0.2, 0.25) is 11.7 Å². The number of aromatic nitrogens is 3. The zero-order valence-corrected chi connectivity index (χ0v) is 13.2. The summed E-state index contributed by atoms with van der Waals surface area (Å²) in [5.41, 5.74) is 6.49. The predicted molar refractivity (Wildman–Crippen MR) is 77.3 cm³/mol. The van der Waals surface area contributed by atoms with Gasteiger partial charge in [0.15, 0.2) is 0 Å². The van der Waals surface area contributed by atoms with Gasteiger partial charge in [0, 0.05) is 15.1 Å². The van der Waals surface area contributed by atoms with Crippen LogP contribution < -0.4 is 5.73 Å². The summed E-state index contributed by atoms with van der Waals surface area (Å²) in [4.78, 5) is 8.71. The molecule has 0 spiro atoms. The van der Waals surface area contributed by atoms with Crippen LogP contribution in [0, 0.1) is 0 Å². The molecular weight excluding hydrogens is 376 g/mol. The van der Waals surface area contributed by atoms with Crippen molar-refractivity contribution in [3.8, 4) is 11.5 Å². The van der Waals surface area contributed by atoms with E-state index in [2.05, 4.69) is 47.0 Å². The Labute approximate surface area is 127 Å². The summed E-state index contributed by atoms with van der Waals surface area (Å²) in [6, 6.07) is 1.89. The molecule has 0 unspecified atom stereocenters. The van der Waals surface area contributed by atoms with Crippen LogP contribution in [0.15, 0.2) is 25.7 Å². The minimum atomic E-state index is -0.465. The van der Waals surface area contributed by atoms with Gasteiger partial charge in [0.05, 0.1) is 5.54 Å². The number of pyridine rings is 1. The molecule has 2 N–H and O–H groups in total. The topological polar surface area (TPSA) is 77.8 Å². The third-order valence-corrected chi connectivity index (χ3v) is 4.41. The summed E-state index contributed by atoms with van der Waals surface area (Å²) in [6.45, 7) is 0. The Morgan fingerprint density at radius 2 is 2.00 bits per heavy atom. The second kappa shape index (κ2) is 4.96. The highest BCUT2D eigenvalue weighted by molar-refractivity contribution is 9.11. The van der Waals surface area contributed by atoms with Crippen LogP contribution in [0.5, 0.6) is 0 Å². The van der Waals surface area contributed by atoms with Gasteiger partial charge >= 0.3 is 0 Å². The maximum atomic E-state index is 6.30. The number of hydrogen-bond donors (Lipinski definition) is 1. The molecule has 0 amide bonds. The van der Waals surface area contributed by atoms with Crippen molar-refractivity contribution in [3.63, 3.8) is 0 Å². The maximum Gasteiger partial charge on any atom is 0.247 e. The molecule has 1 fully saturated rings. The molecule has 7 heteroatoms. The Balaban J connectivity index is 1.97. The molecule has 1 saturated carbocycles. The molecule has 100 valence electrons. The van der Waals surface area contributed by atoms with E-state index in [1.165, 1.54) is 0 Å². The van der Waals surface area contributed by atoms with E-state index in [-0.39, 0.29) is 0 Å². The Bertz CT molecular complexity index is 608. The number of hydrogen-bond acceptors (Lipinski definition) is 5. The van der Waals surface area contributed by atoms with Crippen LogP contribution in [0.4, 0.5) is 0 Å². The van der Waals surface area contributed by atoms with E-state index in [1.54, 1.807) is 6.20 Å². The van der Waals surface area contributed by atoms with Crippen molar-refractivity contribution in [2.75, 3.05) is 0 Å². The Kier molecular flexibility index (Phi) is 3.44. The molecule has 3 rings (SSSR count). The number of halogens is 2. The molecule has 19 heavy (non-hydrogen) atoms. The van der Waals surface area contributed by atoms with Gasteiger partial charge in [-0.15, -0.1) is 0 Å². The normalized spacial score (nSPS) is 17.8. The molecule has 1 aliphatic carbocycles. The first-order valence-electron chi connectivity index (χ1n) is 6.03. The zero-order valence-electron chi connectivity index (χ0n) is 10.1. The van der Waals surface area contributed by atoms with Gasteiger partial charge in [-0.3, -0.25) is 4.98 Å². The quantitative estimate of drug-likeness (QED) is 0.854. The van der Waals surface area contributed by atoms with Crippen LogP contribution in [-0.2, 0) is 5.54 Å². The fourth-order valence-corrected chi connectivity index (χ4v) is 3.49. The van der Waals surface area contributed by atoms with E-state index >= 15 is 0 Å². The summed E-state index contributed by atoms with van der Waals surface area (Å²) >= 11 is 6.80. The SMILES string of the molecule is NC1(c2nc(-c3ncc(Br)cc3Br)no2)CCCC1. The summed E-state index contributed by atoms with van der Waals surface area (Å²) in [5, 5.41) is 3.99. The van der Waals surface area contributed by atoms with Gasteiger partial charge in [-0.1, -0.05) is 18.0 Å². The predicted octanol–water partition coefficient (Wildman–Crippen LogP) is 3.38. The maximum absolute atomic E-state index is 6.30. The summed E-state index contributed by atoms with van der Waals surface area (Å²) in [5.74, 6) is 0.975. The minimum absolute atomic E-state index is 0.464. The van der Waals surface area contributed by atoms with E-state index in [4.69, 9.17) is 10.3 Å². The number of rotatable bonds is 2. The Morgan fingerprint density at radius 3 is 2.68 bits per heavy atom. The molecule has 0 aromatic carbocycles. The van der Waals surface area contributed by atoms with Crippen LogP contribution >= 0.6 is 31.9 Å². The fraction of sp³-hybridized carbons (Fsp3) is 0.417. The molecule has 2 aromatic heterocycles. The van der Waals surface area contributed by atoms with Crippen molar-refractivity contribution >= 4 is 31.9 Å². The lowest BCUT2D eigenvalue weighted by atomic mass is 9.99. The highest BCUT2D eigenvalue weighted by Crippen LogP contribution is 2.36. The fourth-order valence-electron chi connectivity index (χ4n) is 2.32. The van der Waals surface area contributed by atoms with Crippen molar-refractivity contribution in [1.82, 2.24) is 15.1 Å². The van der Waals surface area contributed by atoms with Gasteiger partial charge in [-0.05, 0) is 50.8 Å². The van der Waals surface area contributed by atoms with Gasteiger partial charge in [0.1, 0.15) is 5.69 Å². The molecule has 2 aromatic rings. The van der Waals surface area contributed by atoms with E-state index in [0.717, 1.165) is 34.6 Å². The zero-order chi connectivity index (χ0) is 13.5. The Morgan fingerprint density at radius 1 is 1.26 bits per heavy atom. The van der Waals surface area contributed by atoms with Crippen LogP contribution in [-0.4, -0.2) is 15.1 Å². The van der Waals surface area contributed by atoms with Gasteiger partial charge in [0.25, 0.3) is 0 Å². The Hall–Kier alpha value is -0.790. The molecule has 2 heterocycles. The van der Waals surface area contributed by atoms with Gasteiger partial charge in [-0.25, -0.2) is 0 Å². The minimum Gasteiger partial charge on any atom is -0.337 e. The first-order valence-corrected chi connectivity index (χ1v) is 7.62. The summed E-state index contributed by atoms with van der Waals surface area (Å²) in [7, 11) is 0. The van der Waals surface area contributed by atoms with Gasteiger partial charge < -0.3 is 10.3 Å². The second-order valence-electron chi connectivity index (χ2n) is 4.77. The highest BCUT2D eigenvalue weighted by Gasteiger charge is 2.37. The van der Waals surface area contributed by atoms with Crippen LogP contribution in [0.1, 0.15) is 31.6 Å². The van der Waals surface area contributed by atoms with Crippen molar-refractivity contribution in [2.45, 2.75) is 31.2 Å². The number of nitrogens with two attached hydrogens (primary N) is 1. The van der Waals surface area contributed by atoms with E-state index in [1.807, 2.05) is 6.07 Å². The standard InChI is InChI=1S/C12H12Br2N4O/c13-7-5-8(14)9(16-6-7)10-17-11(19-18-10)12(15)3-1-2-4-12/h5-6H,1-4,15H2. The molecule has 0 radical (unpaired) electrons. The largest absolute Gasteiger partial charge is 0.337 e. The van der Waals surface area contributed by atoms with Crippen LogP contribution in [0.2, 0.25) is 0 Å². The number of nitrogens with zero attached hydrogens (tertiary/aromatic N) is 3. The van der Waals surface area contributed by atoms with Crippen molar-refractivity contribution in [1.29, 1.82) is 0 Å². The first kappa shape index (κ1) is 13.2. The first-order chi connectivity index (χ1) is 9.08. The van der Waals surface area contributed by atoms with E-state index < -0.39 is 5.54 Å². The van der Waals surface area contributed by atoms with Crippen molar-refractivity contribution in [2.24, 2.45) is 5.73 Å². The lowest BCUT2D eigenvalue weighted by Crippen LogP contribution is -2.33. The molecule has 5 nitrogen and oxygen atoms in total. The third-order valence-electron chi connectivity index (χ3n) is 3.37. The lowest BCUT2D eigenvalue weighted by Gasteiger charge is -2.17. The lowest BCUT2D eigenvalue weighted by molar-refractivity contribution is 0.285. The smallest absolute Gasteiger partial charge is 0.247 e. The average molecular weight is 388 g/mol. The molecular formula is C12H12Br2N4O. The molecule has 0 saturated heterocycles. The van der Waals surface area contributed by atoms with Crippen LogP contribution in [0.25, 0.3) is 11.5 Å². The van der Waals surface area contributed by atoms with Crippen molar-refractivity contribution in [3.05, 3.63) is 27.1 Å². The van der Waals surface area contributed by atoms with Crippen LogP contribution in [0.3, 0.4) is 0 Å². The molecule has 1 aliphatic rings. The second-order valence-corrected chi connectivity index (χ2v) is 6.54. The average Bonchev–Trinajstić information content (AvgIpc) is 2.99. The van der Waals surface area contributed by atoms with E-state index in [0.29, 0.717) is 17.4 Å². The van der Waals surface area contributed by atoms with Crippen molar-refractivity contribution < 1.29 is 4.52 Å². The van der Waals surface area contributed by atoms with E-state index in [9.17, 15) is 0 Å². The molecule has 0 aliphatic heterocycles.